The summed E-state index contributed by atoms with van der Waals surface area (Å²) < 4.78 is 18.2. The van der Waals surface area contributed by atoms with E-state index in [9.17, 15) is 9.65 Å². The van der Waals surface area contributed by atoms with Crippen LogP contribution in [0.4, 0.5) is 10.2 Å². The first-order chi connectivity index (χ1) is 14.9. The lowest BCUT2D eigenvalue weighted by Crippen LogP contribution is -2.05. The third-order valence-corrected chi connectivity index (χ3v) is 4.87. The minimum atomic E-state index is -0.769. The zero-order valence-corrected chi connectivity index (χ0v) is 17.3. The zero-order chi connectivity index (χ0) is 22.1. The number of aromatic nitrogens is 7. The standard InChI is InChI=1S/C21H20FN9/c1-12(2)31-8-7-15(28-31)10-30-11-17(27-29-30)19-18(22)20(24)26-21(25-19)16-6-4-5-14(9-23)13(16)3/h4-8,11-12H,10H2,1-3H3,(H2,24,25,26). The molecule has 0 saturated heterocycles. The smallest absolute Gasteiger partial charge is 0.193 e. The quantitative estimate of drug-likeness (QED) is 0.529. The van der Waals surface area contributed by atoms with Crippen molar-refractivity contribution in [2.45, 2.75) is 33.4 Å². The highest BCUT2D eigenvalue weighted by atomic mass is 19.1. The lowest BCUT2D eigenvalue weighted by molar-refractivity contribution is 0.519. The second kappa shape index (κ2) is 7.95. The van der Waals surface area contributed by atoms with Gasteiger partial charge in [-0.2, -0.15) is 10.4 Å². The molecule has 0 fully saturated rings. The summed E-state index contributed by atoms with van der Waals surface area (Å²) >= 11 is 0. The van der Waals surface area contributed by atoms with E-state index in [2.05, 4.69) is 31.4 Å². The number of anilines is 1. The Morgan fingerprint density at radius 1 is 1.23 bits per heavy atom. The van der Waals surface area contributed by atoms with Crippen LogP contribution in [0.15, 0.2) is 36.7 Å². The molecule has 31 heavy (non-hydrogen) atoms. The van der Waals surface area contributed by atoms with Gasteiger partial charge in [0.25, 0.3) is 0 Å². The van der Waals surface area contributed by atoms with Gasteiger partial charge in [-0.25, -0.2) is 19.0 Å². The monoisotopic (exact) mass is 417 g/mol. The molecule has 0 radical (unpaired) electrons. The predicted octanol–water partition coefficient (Wildman–Crippen LogP) is 3.13. The highest BCUT2D eigenvalue weighted by molar-refractivity contribution is 5.69. The molecule has 0 atom stereocenters. The summed E-state index contributed by atoms with van der Waals surface area (Å²) in [5.74, 6) is -0.852. The van der Waals surface area contributed by atoms with E-state index in [0.717, 1.165) is 5.69 Å². The van der Waals surface area contributed by atoms with Gasteiger partial charge in [-0.3, -0.25) is 4.68 Å². The number of nitriles is 1. The second-order valence-corrected chi connectivity index (χ2v) is 7.37. The molecule has 10 heteroatoms. The summed E-state index contributed by atoms with van der Waals surface area (Å²) in [6.07, 6.45) is 3.48. The van der Waals surface area contributed by atoms with Gasteiger partial charge < -0.3 is 5.73 Å². The van der Waals surface area contributed by atoms with Crippen molar-refractivity contribution >= 4 is 5.82 Å². The third kappa shape index (κ3) is 3.85. The molecule has 0 spiro atoms. The van der Waals surface area contributed by atoms with Crippen LogP contribution in [-0.4, -0.2) is 34.7 Å². The number of nitrogen functional groups attached to an aromatic ring is 1. The Labute approximate surface area is 178 Å². The molecule has 4 rings (SSSR count). The molecule has 0 unspecified atom stereocenters. The van der Waals surface area contributed by atoms with Crippen molar-refractivity contribution in [1.29, 1.82) is 5.26 Å². The number of rotatable bonds is 5. The predicted molar refractivity (Wildman–Crippen MR) is 112 cm³/mol. The van der Waals surface area contributed by atoms with Crippen molar-refractivity contribution in [3.05, 3.63) is 59.3 Å². The highest BCUT2D eigenvalue weighted by Crippen LogP contribution is 2.28. The van der Waals surface area contributed by atoms with E-state index >= 15 is 0 Å². The summed E-state index contributed by atoms with van der Waals surface area (Å²) in [6, 6.07) is 9.43. The largest absolute Gasteiger partial charge is 0.381 e. The van der Waals surface area contributed by atoms with Gasteiger partial charge >= 0.3 is 0 Å². The molecule has 2 N–H and O–H groups in total. The summed E-state index contributed by atoms with van der Waals surface area (Å²) in [4.78, 5) is 8.42. The van der Waals surface area contributed by atoms with E-state index in [4.69, 9.17) is 5.73 Å². The third-order valence-electron chi connectivity index (χ3n) is 4.87. The molecule has 3 heterocycles. The molecule has 0 aliphatic heterocycles. The Bertz CT molecular complexity index is 1300. The van der Waals surface area contributed by atoms with Gasteiger partial charge in [-0.15, -0.1) is 5.10 Å². The molecule has 156 valence electrons. The Hall–Kier alpha value is -4.13. The van der Waals surface area contributed by atoms with Gasteiger partial charge in [0, 0.05) is 17.8 Å². The maximum atomic E-state index is 14.8. The molecule has 0 aliphatic carbocycles. The van der Waals surface area contributed by atoms with E-state index in [0.29, 0.717) is 23.2 Å². The molecular formula is C21H20FN9. The van der Waals surface area contributed by atoms with Crippen LogP contribution in [-0.2, 0) is 6.54 Å². The number of hydrogen-bond donors (Lipinski definition) is 1. The fourth-order valence-corrected chi connectivity index (χ4v) is 3.15. The van der Waals surface area contributed by atoms with Crippen molar-refractivity contribution in [3.63, 3.8) is 0 Å². The number of nitrogens with zero attached hydrogens (tertiary/aromatic N) is 8. The maximum Gasteiger partial charge on any atom is 0.193 e. The van der Waals surface area contributed by atoms with Gasteiger partial charge in [-0.1, -0.05) is 17.3 Å². The van der Waals surface area contributed by atoms with Crippen LogP contribution in [0, 0.1) is 24.1 Å². The molecule has 9 nitrogen and oxygen atoms in total. The second-order valence-electron chi connectivity index (χ2n) is 7.37. The summed E-state index contributed by atoms with van der Waals surface area (Å²) in [7, 11) is 0. The molecule has 1 aromatic carbocycles. The Morgan fingerprint density at radius 2 is 2.03 bits per heavy atom. The number of halogens is 1. The van der Waals surface area contributed by atoms with Crippen LogP contribution >= 0.6 is 0 Å². The summed E-state index contributed by atoms with van der Waals surface area (Å²) in [5.41, 5.74) is 8.56. The first-order valence-electron chi connectivity index (χ1n) is 9.65. The normalized spacial score (nSPS) is 11.1. The molecule has 3 aromatic heterocycles. The van der Waals surface area contributed by atoms with E-state index in [1.54, 1.807) is 36.0 Å². The highest BCUT2D eigenvalue weighted by Gasteiger charge is 2.19. The van der Waals surface area contributed by atoms with E-state index in [-0.39, 0.29) is 29.1 Å². The summed E-state index contributed by atoms with van der Waals surface area (Å²) in [5, 5.41) is 21.9. The van der Waals surface area contributed by atoms with Crippen LogP contribution in [0.1, 0.15) is 36.7 Å². The van der Waals surface area contributed by atoms with E-state index in [1.165, 1.54) is 0 Å². The fourth-order valence-electron chi connectivity index (χ4n) is 3.15. The van der Waals surface area contributed by atoms with Crippen molar-refractivity contribution < 1.29 is 4.39 Å². The number of nitrogens with two attached hydrogens (primary N) is 1. The number of benzene rings is 1. The Balaban J connectivity index is 1.70. The van der Waals surface area contributed by atoms with Crippen LogP contribution in [0.3, 0.4) is 0 Å². The van der Waals surface area contributed by atoms with E-state index < -0.39 is 5.82 Å². The molecular weight excluding hydrogens is 397 g/mol. The van der Waals surface area contributed by atoms with Gasteiger partial charge in [-0.05, 0) is 38.5 Å². The average Bonchev–Trinajstić information content (AvgIpc) is 3.40. The Morgan fingerprint density at radius 3 is 2.74 bits per heavy atom. The van der Waals surface area contributed by atoms with Crippen LogP contribution in [0.2, 0.25) is 0 Å². The van der Waals surface area contributed by atoms with Crippen LogP contribution in [0.5, 0.6) is 0 Å². The van der Waals surface area contributed by atoms with Crippen molar-refractivity contribution in [2.75, 3.05) is 5.73 Å². The minimum absolute atomic E-state index is 0.0526. The van der Waals surface area contributed by atoms with Crippen molar-refractivity contribution in [2.24, 2.45) is 0 Å². The van der Waals surface area contributed by atoms with Crippen LogP contribution in [0.25, 0.3) is 22.8 Å². The van der Waals surface area contributed by atoms with Gasteiger partial charge in [0.2, 0.25) is 0 Å². The number of hydrogen-bond acceptors (Lipinski definition) is 7. The van der Waals surface area contributed by atoms with Gasteiger partial charge in [0.1, 0.15) is 11.4 Å². The molecule has 4 aromatic rings. The summed E-state index contributed by atoms with van der Waals surface area (Å²) in [6.45, 7) is 6.24. The molecule has 0 amide bonds. The van der Waals surface area contributed by atoms with Gasteiger partial charge in [0.15, 0.2) is 17.5 Å². The average molecular weight is 417 g/mol. The first kappa shape index (κ1) is 20.2. The SMILES string of the molecule is Cc1c(C#N)cccc1-c1nc(N)c(F)c(-c2cn(Cc3ccn(C(C)C)n3)nn2)n1. The van der Waals surface area contributed by atoms with Crippen molar-refractivity contribution in [1.82, 2.24) is 34.7 Å². The minimum Gasteiger partial charge on any atom is -0.381 e. The lowest BCUT2D eigenvalue weighted by Gasteiger charge is -2.09. The van der Waals surface area contributed by atoms with Gasteiger partial charge in [0.05, 0.1) is 30.1 Å². The van der Waals surface area contributed by atoms with Crippen molar-refractivity contribution in [3.8, 4) is 28.8 Å². The maximum absolute atomic E-state index is 14.8. The Kier molecular flexibility index (Phi) is 5.17. The molecule has 0 bridgehead atoms. The fraction of sp³-hybridized carbons (Fsp3) is 0.238. The lowest BCUT2D eigenvalue weighted by atomic mass is 10.0. The topological polar surface area (TPSA) is 124 Å². The first-order valence-corrected chi connectivity index (χ1v) is 9.65. The van der Waals surface area contributed by atoms with E-state index in [1.807, 2.05) is 30.8 Å². The zero-order valence-electron chi connectivity index (χ0n) is 17.3. The molecule has 0 aliphatic rings. The van der Waals surface area contributed by atoms with Crippen LogP contribution < -0.4 is 5.73 Å². The molecule has 0 saturated carbocycles.